The Kier molecular flexibility index (Phi) is 5.22. The van der Waals surface area contributed by atoms with Crippen LogP contribution in [0, 0.1) is 0 Å². The summed E-state index contributed by atoms with van der Waals surface area (Å²) in [7, 11) is 7.34. The molecule has 0 aliphatic heterocycles. The number of para-hydroxylation sites is 2. The lowest BCUT2D eigenvalue weighted by Crippen LogP contribution is -2.26. The predicted molar refractivity (Wildman–Crippen MR) is 112 cm³/mol. The molecule has 2 aromatic carbocycles. The molecule has 0 aliphatic carbocycles. The highest BCUT2D eigenvalue weighted by atomic mass is 16.5. The first kappa shape index (κ1) is 19.0. The number of ether oxygens (including phenoxy) is 2. The maximum atomic E-state index is 5.47. The standard InChI is InChI=1S/C22H25N5O2/c1-26-10-9-23-22(26)21(15-11-16(28-3)13-17(12-15)29-4)24-14-20-25-18-7-5-6-8-19(18)27(20)2/h5-13,21,24H,14H2,1-4H3. The molecule has 0 spiro atoms. The molecule has 7 heteroatoms. The molecule has 29 heavy (non-hydrogen) atoms. The fourth-order valence-corrected chi connectivity index (χ4v) is 3.56. The van der Waals surface area contributed by atoms with E-state index in [1.165, 1.54) is 0 Å². The van der Waals surface area contributed by atoms with Crippen molar-refractivity contribution in [2.45, 2.75) is 12.6 Å². The van der Waals surface area contributed by atoms with Crippen molar-refractivity contribution in [3.05, 3.63) is 72.1 Å². The van der Waals surface area contributed by atoms with Crippen LogP contribution in [0.1, 0.15) is 23.3 Å². The summed E-state index contributed by atoms with van der Waals surface area (Å²) in [6.45, 7) is 0.586. The van der Waals surface area contributed by atoms with Crippen molar-refractivity contribution in [1.82, 2.24) is 24.4 Å². The molecule has 1 unspecified atom stereocenters. The number of fused-ring (bicyclic) bond motifs is 1. The lowest BCUT2D eigenvalue weighted by Gasteiger charge is -2.20. The van der Waals surface area contributed by atoms with Crippen molar-refractivity contribution >= 4 is 11.0 Å². The monoisotopic (exact) mass is 391 g/mol. The third-order valence-electron chi connectivity index (χ3n) is 5.17. The van der Waals surface area contributed by atoms with Gasteiger partial charge in [0.05, 0.1) is 37.8 Å². The molecule has 7 nitrogen and oxygen atoms in total. The Hall–Kier alpha value is -3.32. The lowest BCUT2D eigenvalue weighted by atomic mass is 10.0. The molecule has 2 aromatic heterocycles. The van der Waals surface area contributed by atoms with Gasteiger partial charge in [0.15, 0.2) is 0 Å². The van der Waals surface area contributed by atoms with E-state index < -0.39 is 0 Å². The van der Waals surface area contributed by atoms with Crippen molar-refractivity contribution < 1.29 is 9.47 Å². The first-order valence-electron chi connectivity index (χ1n) is 9.44. The third kappa shape index (κ3) is 3.69. The smallest absolute Gasteiger partial charge is 0.130 e. The number of imidazole rings is 2. The van der Waals surface area contributed by atoms with E-state index in [0.717, 1.165) is 39.7 Å². The van der Waals surface area contributed by atoms with Gasteiger partial charge in [-0.1, -0.05) is 12.1 Å². The van der Waals surface area contributed by atoms with Crippen LogP contribution >= 0.6 is 0 Å². The number of methoxy groups -OCH3 is 2. The Morgan fingerprint density at radius 2 is 1.76 bits per heavy atom. The zero-order valence-electron chi connectivity index (χ0n) is 17.1. The van der Waals surface area contributed by atoms with Crippen molar-refractivity contribution in [3.8, 4) is 11.5 Å². The van der Waals surface area contributed by atoms with E-state index >= 15 is 0 Å². The second-order valence-electron chi connectivity index (χ2n) is 6.93. The lowest BCUT2D eigenvalue weighted by molar-refractivity contribution is 0.392. The van der Waals surface area contributed by atoms with Gasteiger partial charge < -0.3 is 18.6 Å². The summed E-state index contributed by atoms with van der Waals surface area (Å²) in [6, 6.07) is 13.9. The van der Waals surface area contributed by atoms with Crippen LogP contribution in [-0.4, -0.2) is 33.3 Å². The number of hydrogen-bond donors (Lipinski definition) is 1. The minimum atomic E-state index is -0.154. The van der Waals surface area contributed by atoms with Crippen LogP contribution in [0.15, 0.2) is 54.9 Å². The van der Waals surface area contributed by atoms with Gasteiger partial charge in [0.1, 0.15) is 23.1 Å². The van der Waals surface area contributed by atoms with E-state index in [0.29, 0.717) is 6.54 Å². The van der Waals surface area contributed by atoms with Gasteiger partial charge in [-0.25, -0.2) is 9.97 Å². The predicted octanol–water partition coefficient (Wildman–Crippen LogP) is 3.20. The van der Waals surface area contributed by atoms with Gasteiger partial charge in [0.25, 0.3) is 0 Å². The maximum Gasteiger partial charge on any atom is 0.130 e. The zero-order chi connectivity index (χ0) is 20.4. The second-order valence-corrected chi connectivity index (χ2v) is 6.93. The van der Waals surface area contributed by atoms with Crippen molar-refractivity contribution in [1.29, 1.82) is 0 Å². The molecule has 0 bridgehead atoms. The van der Waals surface area contributed by atoms with Gasteiger partial charge >= 0.3 is 0 Å². The first-order chi connectivity index (χ1) is 14.1. The molecular formula is C22H25N5O2. The van der Waals surface area contributed by atoms with Gasteiger partial charge in [0.2, 0.25) is 0 Å². The third-order valence-corrected chi connectivity index (χ3v) is 5.17. The van der Waals surface area contributed by atoms with Crippen LogP contribution in [-0.2, 0) is 20.6 Å². The molecule has 4 aromatic rings. The number of nitrogens with one attached hydrogen (secondary N) is 1. The Balaban J connectivity index is 1.70. The van der Waals surface area contributed by atoms with Gasteiger partial charge in [-0.3, -0.25) is 5.32 Å². The van der Waals surface area contributed by atoms with Crippen molar-refractivity contribution in [3.63, 3.8) is 0 Å². The Labute approximate surface area is 169 Å². The minimum absolute atomic E-state index is 0.154. The van der Waals surface area contributed by atoms with Crippen LogP contribution in [0.25, 0.3) is 11.0 Å². The molecule has 0 saturated heterocycles. The van der Waals surface area contributed by atoms with Crippen molar-refractivity contribution in [2.75, 3.05) is 14.2 Å². The topological polar surface area (TPSA) is 66.1 Å². The Morgan fingerprint density at radius 3 is 2.38 bits per heavy atom. The summed E-state index contributed by atoms with van der Waals surface area (Å²) in [4.78, 5) is 9.35. The van der Waals surface area contributed by atoms with Crippen molar-refractivity contribution in [2.24, 2.45) is 14.1 Å². The van der Waals surface area contributed by atoms with E-state index in [4.69, 9.17) is 14.5 Å². The molecule has 1 atom stereocenters. The number of rotatable bonds is 7. The zero-order valence-corrected chi connectivity index (χ0v) is 17.1. The van der Waals surface area contributed by atoms with E-state index in [2.05, 4.69) is 20.9 Å². The molecule has 150 valence electrons. The van der Waals surface area contributed by atoms with Gasteiger partial charge in [-0.2, -0.15) is 0 Å². The quantitative estimate of drug-likeness (QED) is 0.524. The average molecular weight is 391 g/mol. The largest absolute Gasteiger partial charge is 0.497 e. The van der Waals surface area contributed by atoms with Crippen LogP contribution in [0.2, 0.25) is 0 Å². The van der Waals surface area contributed by atoms with E-state index in [1.807, 2.05) is 61.3 Å². The van der Waals surface area contributed by atoms with Gasteiger partial charge in [0, 0.05) is 32.6 Å². The maximum absolute atomic E-state index is 5.47. The Bertz CT molecular complexity index is 1110. The van der Waals surface area contributed by atoms with Crippen LogP contribution in [0.5, 0.6) is 11.5 Å². The molecule has 4 rings (SSSR count). The number of hydrogen-bond acceptors (Lipinski definition) is 5. The molecule has 2 heterocycles. The van der Waals surface area contributed by atoms with E-state index in [-0.39, 0.29) is 6.04 Å². The molecule has 0 saturated carbocycles. The van der Waals surface area contributed by atoms with Gasteiger partial charge in [-0.05, 0) is 29.8 Å². The highest BCUT2D eigenvalue weighted by molar-refractivity contribution is 5.75. The van der Waals surface area contributed by atoms with Gasteiger partial charge in [-0.15, -0.1) is 0 Å². The van der Waals surface area contributed by atoms with Crippen LogP contribution < -0.4 is 14.8 Å². The molecule has 0 amide bonds. The molecule has 0 radical (unpaired) electrons. The number of aromatic nitrogens is 4. The summed E-state index contributed by atoms with van der Waals surface area (Å²) < 4.78 is 15.1. The summed E-state index contributed by atoms with van der Waals surface area (Å²) in [5.74, 6) is 3.34. The first-order valence-corrected chi connectivity index (χ1v) is 9.44. The summed E-state index contributed by atoms with van der Waals surface area (Å²) in [5.41, 5.74) is 3.11. The second kappa shape index (κ2) is 7.97. The molecule has 1 N–H and O–H groups in total. The summed E-state index contributed by atoms with van der Waals surface area (Å²) in [5, 5.41) is 3.62. The minimum Gasteiger partial charge on any atom is -0.497 e. The average Bonchev–Trinajstić information content (AvgIpc) is 3.31. The fraction of sp³-hybridized carbons (Fsp3) is 0.273. The number of benzene rings is 2. The highest BCUT2D eigenvalue weighted by Crippen LogP contribution is 2.29. The molecule has 0 aliphatic rings. The normalized spacial score (nSPS) is 12.3. The SMILES string of the molecule is COc1cc(OC)cc(C(NCc2nc3ccccc3n2C)c2nccn2C)c1. The summed E-state index contributed by atoms with van der Waals surface area (Å²) >= 11 is 0. The van der Waals surface area contributed by atoms with E-state index in [1.54, 1.807) is 20.4 Å². The highest BCUT2D eigenvalue weighted by Gasteiger charge is 2.21. The number of nitrogens with zero attached hydrogens (tertiary/aromatic N) is 4. The summed E-state index contributed by atoms with van der Waals surface area (Å²) in [6.07, 6.45) is 3.74. The molecular weight excluding hydrogens is 366 g/mol. The number of aryl methyl sites for hydroxylation is 2. The molecule has 0 fully saturated rings. The Morgan fingerprint density at radius 1 is 1.03 bits per heavy atom. The fourth-order valence-electron chi connectivity index (χ4n) is 3.56. The van der Waals surface area contributed by atoms with E-state index in [9.17, 15) is 0 Å². The van der Waals surface area contributed by atoms with Crippen LogP contribution in [0.4, 0.5) is 0 Å². The van der Waals surface area contributed by atoms with Crippen LogP contribution in [0.3, 0.4) is 0 Å².